The maximum Gasteiger partial charge on any atom is 0.246 e. The van der Waals surface area contributed by atoms with Gasteiger partial charge in [-0.3, -0.25) is 9.78 Å². The minimum absolute atomic E-state index is 0.0209. The van der Waals surface area contributed by atoms with Gasteiger partial charge < -0.3 is 9.64 Å². The number of carbonyl (C=O) groups excluding carboxylic acids is 1. The van der Waals surface area contributed by atoms with Crippen molar-refractivity contribution < 1.29 is 9.53 Å². The second-order valence-corrected chi connectivity index (χ2v) is 6.71. The topological polar surface area (TPSA) is 42.4 Å². The van der Waals surface area contributed by atoms with Gasteiger partial charge in [0.15, 0.2) is 0 Å². The van der Waals surface area contributed by atoms with Crippen molar-refractivity contribution in [2.45, 2.75) is 18.9 Å². The molecule has 1 unspecified atom stereocenters. The molecule has 1 atom stereocenters. The van der Waals surface area contributed by atoms with Crippen LogP contribution in [-0.2, 0) is 4.79 Å². The van der Waals surface area contributed by atoms with Crippen molar-refractivity contribution in [1.29, 1.82) is 0 Å². The molecule has 1 amide bonds. The van der Waals surface area contributed by atoms with Gasteiger partial charge in [-0.15, -0.1) is 11.3 Å². The number of aromatic nitrogens is 1. The number of amides is 1. The number of pyridine rings is 1. The molecular formula is C17H17ClN2O2S. The average Bonchev–Trinajstić information content (AvgIpc) is 3.08. The minimum Gasteiger partial charge on any atom is -0.487 e. The van der Waals surface area contributed by atoms with Crippen LogP contribution in [-0.4, -0.2) is 35.0 Å². The molecule has 2 aromatic rings. The van der Waals surface area contributed by atoms with Gasteiger partial charge in [-0.25, -0.2) is 0 Å². The zero-order chi connectivity index (χ0) is 16.1. The summed E-state index contributed by atoms with van der Waals surface area (Å²) < 4.78 is 5.93. The van der Waals surface area contributed by atoms with Crippen LogP contribution in [0.5, 0.6) is 5.75 Å². The maximum atomic E-state index is 12.3. The van der Waals surface area contributed by atoms with E-state index < -0.39 is 0 Å². The van der Waals surface area contributed by atoms with E-state index in [0.717, 1.165) is 24.3 Å². The molecule has 3 heterocycles. The lowest BCUT2D eigenvalue weighted by Gasteiger charge is -2.32. The lowest BCUT2D eigenvalue weighted by atomic mass is 10.1. The van der Waals surface area contributed by atoms with Crippen LogP contribution in [0, 0.1) is 0 Å². The molecule has 23 heavy (non-hydrogen) atoms. The van der Waals surface area contributed by atoms with Gasteiger partial charge in [0.25, 0.3) is 0 Å². The van der Waals surface area contributed by atoms with Crippen molar-refractivity contribution in [2.75, 3.05) is 13.1 Å². The van der Waals surface area contributed by atoms with Gasteiger partial charge in [0.05, 0.1) is 6.54 Å². The molecule has 6 heteroatoms. The molecule has 0 aliphatic carbocycles. The Morgan fingerprint density at radius 1 is 1.48 bits per heavy atom. The Kier molecular flexibility index (Phi) is 5.31. The monoisotopic (exact) mass is 348 g/mol. The lowest BCUT2D eigenvalue weighted by Crippen LogP contribution is -2.43. The third-order valence-electron chi connectivity index (χ3n) is 3.65. The number of nitrogens with zero attached hydrogens (tertiary/aromatic N) is 2. The summed E-state index contributed by atoms with van der Waals surface area (Å²) in [5, 5.41) is 2.49. The van der Waals surface area contributed by atoms with E-state index in [0.29, 0.717) is 17.3 Å². The number of hydrogen-bond donors (Lipinski definition) is 0. The Hall–Kier alpha value is -1.85. The van der Waals surface area contributed by atoms with Gasteiger partial charge in [0.2, 0.25) is 5.91 Å². The van der Waals surface area contributed by atoms with Gasteiger partial charge in [0, 0.05) is 36.0 Å². The highest BCUT2D eigenvalue weighted by atomic mass is 35.5. The SMILES string of the molecule is O=C(/C=C/c1cccs1)N1CCCC(Oc2ccncc2Cl)C1. The van der Waals surface area contributed by atoms with Gasteiger partial charge in [-0.05, 0) is 30.4 Å². The van der Waals surface area contributed by atoms with Crippen LogP contribution in [0.1, 0.15) is 17.7 Å². The molecule has 0 saturated carbocycles. The van der Waals surface area contributed by atoms with Crippen LogP contribution < -0.4 is 4.74 Å². The van der Waals surface area contributed by atoms with Crippen molar-refractivity contribution in [3.63, 3.8) is 0 Å². The number of thiophene rings is 1. The molecule has 0 spiro atoms. The first kappa shape index (κ1) is 16.0. The van der Waals surface area contributed by atoms with Gasteiger partial charge in [-0.1, -0.05) is 17.7 Å². The fraction of sp³-hybridized carbons (Fsp3) is 0.294. The van der Waals surface area contributed by atoms with Crippen molar-refractivity contribution in [1.82, 2.24) is 9.88 Å². The molecule has 0 bridgehead atoms. The van der Waals surface area contributed by atoms with Crippen LogP contribution in [0.15, 0.2) is 42.0 Å². The van der Waals surface area contributed by atoms with E-state index in [9.17, 15) is 4.79 Å². The van der Waals surface area contributed by atoms with Crippen LogP contribution in [0.25, 0.3) is 6.08 Å². The standard InChI is InChI=1S/C17H17ClN2O2S/c18-15-11-19-8-7-16(15)22-13-3-1-9-20(12-13)17(21)6-5-14-4-2-10-23-14/h2,4-8,10-11,13H,1,3,9,12H2/b6-5+. The van der Waals surface area contributed by atoms with E-state index in [4.69, 9.17) is 16.3 Å². The highest BCUT2D eigenvalue weighted by molar-refractivity contribution is 7.10. The fourth-order valence-electron chi connectivity index (χ4n) is 2.52. The number of carbonyl (C=O) groups is 1. The zero-order valence-corrected chi connectivity index (χ0v) is 14.1. The molecule has 2 aromatic heterocycles. The Labute approximate surface area is 144 Å². The maximum absolute atomic E-state index is 12.3. The third kappa shape index (κ3) is 4.33. The predicted molar refractivity (Wildman–Crippen MR) is 92.8 cm³/mol. The molecule has 4 nitrogen and oxygen atoms in total. The molecule has 0 radical (unpaired) electrons. The minimum atomic E-state index is -0.0391. The molecule has 1 fully saturated rings. The summed E-state index contributed by atoms with van der Waals surface area (Å²) >= 11 is 7.68. The molecule has 120 valence electrons. The normalized spacial score (nSPS) is 18.3. The fourth-order valence-corrected chi connectivity index (χ4v) is 3.30. The number of likely N-dealkylation sites (tertiary alicyclic amines) is 1. The van der Waals surface area contributed by atoms with E-state index in [1.54, 1.807) is 35.9 Å². The quantitative estimate of drug-likeness (QED) is 0.787. The molecule has 1 aliphatic rings. The van der Waals surface area contributed by atoms with E-state index in [2.05, 4.69) is 4.98 Å². The summed E-state index contributed by atoms with van der Waals surface area (Å²) in [7, 11) is 0. The second kappa shape index (κ2) is 7.62. The Morgan fingerprint density at radius 3 is 3.17 bits per heavy atom. The third-order valence-corrected chi connectivity index (χ3v) is 4.77. The van der Waals surface area contributed by atoms with Crippen molar-refractivity contribution in [3.8, 4) is 5.75 Å². The average molecular weight is 349 g/mol. The lowest BCUT2D eigenvalue weighted by molar-refractivity contribution is -0.128. The molecule has 0 aromatic carbocycles. The molecule has 3 rings (SSSR count). The van der Waals surface area contributed by atoms with Crippen LogP contribution in [0.4, 0.5) is 0 Å². The first-order chi connectivity index (χ1) is 11.2. The van der Waals surface area contributed by atoms with Crippen LogP contribution in [0.3, 0.4) is 0 Å². The van der Waals surface area contributed by atoms with Crippen molar-refractivity contribution in [3.05, 3.63) is 51.9 Å². The molecule has 0 N–H and O–H groups in total. The van der Waals surface area contributed by atoms with Crippen molar-refractivity contribution >= 4 is 34.9 Å². The first-order valence-corrected chi connectivity index (χ1v) is 8.75. The summed E-state index contributed by atoms with van der Waals surface area (Å²) in [4.78, 5) is 19.2. The van der Waals surface area contributed by atoms with Crippen LogP contribution >= 0.6 is 22.9 Å². The van der Waals surface area contributed by atoms with E-state index in [1.165, 1.54) is 0 Å². The number of piperidine rings is 1. The summed E-state index contributed by atoms with van der Waals surface area (Å²) in [6.45, 7) is 1.34. The van der Waals surface area contributed by atoms with Crippen molar-refractivity contribution in [2.24, 2.45) is 0 Å². The van der Waals surface area contributed by atoms with Gasteiger partial charge in [-0.2, -0.15) is 0 Å². The molecule has 1 aliphatic heterocycles. The first-order valence-electron chi connectivity index (χ1n) is 7.49. The number of rotatable bonds is 4. The number of hydrogen-bond acceptors (Lipinski definition) is 4. The number of halogens is 1. The van der Waals surface area contributed by atoms with Crippen LogP contribution in [0.2, 0.25) is 5.02 Å². The van der Waals surface area contributed by atoms with E-state index >= 15 is 0 Å². The molecular weight excluding hydrogens is 332 g/mol. The predicted octanol–water partition coefficient (Wildman–Crippen LogP) is 3.88. The largest absolute Gasteiger partial charge is 0.487 e. The molecule has 1 saturated heterocycles. The van der Waals surface area contributed by atoms with E-state index in [1.807, 2.05) is 28.5 Å². The Balaban J connectivity index is 1.59. The highest BCUT2D eigenvalue weighted by Gasteiger charge is 2.24. The zero-order valence-electron chi connectivity index (χ0n) is 12.5. The number of ether oxygens (including phenoxy) is 1. The Morgan fingerprint density at radius 2 is 2.39 bits per heavy atom. The van der Waals surface area contributed by atoms with Gasteiger partial charge >= 0.3 is 0 Å². The Bertz CT molecular complexity index is 688. The van der Waals surface area contributed by atoms with E-state index in [-0.39, 0.29) is 12.0 Å². The summed E-state index contributed by atoms with van der Waals surface area (Å²) in [5.74, 6) is 0.641. The smallest absolute Gasteiger partial charge is 0.246 e. The summed E-state index contributed by atoms with van der Waals surface area (Å²) in [6.07, 6.45) is 8.50. The van der Waals surface area contributed by atoms with Gasteiger partial charge in [0.1, 0.15) is 16.9 Å². The second-order valence-electron chi connectivity index (χ2n) is 5.32. The summed E-state index contributed by atoms with van der Waals surface area (Å²) in [6, 6.07) is 5.71. The summed E-state index contributed by atoms with van der Waals surface area (Å²) in [5.41, 5.74) is 0. The highest BCUT2D eigenvalue weighted by Crippen LogP contribution is 2.25.